The van der Waals surface area contributed by atoms with E-state index < -0.39 is 0 Å². The number of hydrogen-bond acceptors (Lipinski definition) is 2. The summed E-state index contributed by atoms with van der Waals surface area (Å²) < 4.78 is 9.15. The summed E-state index contributed by atoms with van der Waals surface area (Å²) in [6, 6.07) is 12.9. The van der Waals surface area contributed by atoms with Crippen molar-refractivity contribution in [3.8, 4) is 5.75 Å². The van der Waals surface area contributed by atoms with E-state index in [0.29, 0.717) is 35.5 Å². The van der Waals surface area contributed by atoms with Gasteiger partial charge in [-0.2, -0.15) is 0 Å². The zero-order valence-electron chi connectivity index (χ0n) is 12.6. The topological polar surface area (TPSA) is 36.2 Å². The fraction of sp³-hybridized carbons (Fsp3) is 0.235. The van der Waals surface area contributed by atoms with E-state index >= 15 is 0 Å². The number of hydrogen-bond donors (Lipinski definition) is 0. The molecule has 0 aliphatic carbocycles. The van der Waals surface area contributed by atoms with Crippen molar-refractivity contribution in [2.75, 3.05) is 6.61 Å². The lowest BCUT2D eigenvalue weighted by atomic mass is 10.3. The van der Waals surface area contributed by atoms with E-state index in [0.717, 1.165) is 11.0 Å². The highest BCUT2D eigenvalue weighted by atomic mass is 35.5. The minimum atomic E-state index is -0.0393. The SMILES string of the molecule is CCn1c(=O)n(CCOc2c(Cl)cccc2Cl)c2ccccc21. The van der Waals surface area contributed by atoms with Crippen molar-refractivity contribution in [1.82, 2.24) is 9.13 Å². The van der Waals surface area contributed by atoms with Crippen LogP contribution < -0.4 is 10.4 Å². The van der Waals surface area contributed by atoms with Crippen molar-refractivity contribution in [2.24, 2.45) is 0 Å². The molecule has 0 bridgehead atoms. The van der Waals surface area contributed by atoms with Crippen LogP contribution in [0.2, 0.25) is 10.0 Å². The molecule has 6 heteroatoms. The van der Waals surface area contributed by atoms with E-state index in [-0.39, 0.29) is 5.69 Å². The van der Waals surface area contributed by atoms with E-state index in [2.05, 4.69) is 0 Å². The Morgan fingerprint density at radius 3 is 2.17 bits per heavy atom. The molecule has 1 heterocycles. The van der Waals surface area contributed by atoms with Gasteiger partial charge in [0.05, 0.1) is 27.6 Å². The van der Waals surface area contributed by atoms with Crippen LogP contribution in [0.4, 0.5) is 0 Å². The van der Waals surface area contributed by atoms with Crippen molar-refractivity contribution in [3.05, 3.63) is 63.0 Å². The molecule has 0 atom stereocenters. The number of ether oxygens (including phenoxy) is 1. The molecular formula is C17H16Cl2N2O2. The highest BCUT2D eigenvalue weighted by molar-refractivity contribution is 6.37. The van der Waals surface area contributed by atoms with Crippen LogP contribution in [0.1, 0.15) is 6.92 Å². The number of fused-ring (bicyclic) bond motifs is 1. The molecule has 3 aromatic rings. The minimum Gasteiger partial charge on any atom is -0.489 e. The van der Waals surface area contributed by atoms with Gasteiger partial charge in [0, 0.05) is 6.54 Å². The van der Waals surface area contributed by atoms with Gasteiger partial charge in [-0.05, 0) is 31.2 Å². The molecule has 0 radical (unpaired) electrons. The summed E-state index contributed by atoms with van der Waals surface area (Å²) in [7, 11) is 0. The lowest BCUT2D eigenvalue weighted by Crippen LogP contribution is -2.25. The van der Waals surface area contributed by atoms with Crippen molar-refractivity contribution >= 4 is 34.2 Å². The Morgan fingerprint density at radius 1 is 0.957 bits per heavy atom. The average Bonchev–Trinajstić information content (AvgIpc) is 2.82. The van der Waals surface area contributed by atoms with Gasteiger partial charge < -0.3 is 4.74 Å². The Labute approximate surface area is 143 Å². The number of benzene rings is 2. The van der Waals surface area contributed by atoms with Crippen molar-refractivity contribution in [2.45, 2.75) is 20.0 Å². The van der Waals surface area contributed by atoms with E-state index in [1.54, 1.807) is 27.3 Å². The Balaban J connectivity index is 1.86. The van der Waals surface area contributed by atoms with Crippen LogP contribution in [0.3, 0.4) is 0 Å². The molecule has 0 saturated carbocycles. The van der Waals surface area contributed by atoms with Crippen molar-refractivity contribution < 1.29 is 4.74 Å². The van der Waals surface area contributed by atoms with Crippen LogP contribution in [0, 0.1) is 0 Å². The van der Waals surface area contributed by atoms with E-state index in [9.17, 15) is 4.79 Å². The third kappa shape index (κ3) is 2.96. The highest BCUT2D eigenvalue weighted by Gasteiger charge is 2.12. The van der Waals surface area contributed by atoms with Crippen molar-refractivity contribution in [3.63, 3.8) is 0 Å². The van der Waals surface area contributed by atoms with Gasteiger partial charge in [-0.1, -0.05) is 41.4 Å². The third-order valence-electron chi connectivity index (χ3n) is 3.72. The zero-order chi connectivity index (χ0) is 16.4. The molecule has 0 aliphatic heterocycles. The standard InChI is InChI=1S/C17H16Cl2N2O2/c1-2-20-14-8-3-4-9-15(14)21(17(20)22)10-11-23-16-12(18)6-5-7-13(16)19/h3-9H,2,10-11H2,1H3. The van der Waals surface area contributed by atoms with Gasteiger partial charge in [0.1, 0.15) is 6.61 Å². The molecule has 0 N–H and O–H groups in total. The van der Waals surface area contributed by atoms with Crippen molar-refractivity contribution in [1.29, 1.82) is 0 Å². The summed E-state index contributed by atoms with van der Waals surface area (Å²) in [6.07, 6.45) is 0. The molecular weight excluding hydrogens is 335 g/mol. The maximum atomic E-state index is 12.5. The van der Waals surface area contributed by atoms with Gasteiger partial charge >= 0.3 is 5.69 Å². The summed E-state index contributed by atoms with van der Waals surface area (Å²) in [4.78, 5) is 12.5. The number of aromatic nitrogens is 2. The maximum absolute atomic E-state index is 12.5. The molecule has 0 aliphatic rings. The molecule has 1 aromatic heterocycles. The molecule has 2 aromatic carbocycles. The zero-order valence-corrected chi connectivity index (χ0v) is 14.1. The second-order valence-corrected chi connectivity index (χ2v) is 5.88. The van der Waals surface area contributed by atoms with Gasteiger partial charge in [0.2, 0.25) is 0 Å². The van der Waals surface area contributed by atoms with Gasteiger partial charge in [0.25, 0.3) is 0 Å². The molecule has 3 rings (SSSR count). The summed E-state index contributed by atoms with van der Waals surface area (Å²) >= 11 is 12.2. The van der Waals surface area contributed by atoms with Crippen LogP contribution in [0.15, 0.2) is 47.3 Å². The normalized spacial score (nSPS) is 11.1. The predicted molar refractivity (Wildman–Crippen MR) is 93.8 cm³/mol. The maximum Gasteiger partial charge on any atom is 0.329 e. The van der Waals surface area contributed by atoms with Crippen LogP contribution in [0.25, 0.3) is 11.0 Å². The van der Waals surface area contributed by atoms with Crippen LogP contribution in [-0.2, 0) is 13.1 Å². The molecule has 0 saturated heterocycles. The summed E-state index contributed by atoms with van der Waals surface area (Å²) in [6.45, 7) is 3.32. The van der Waals surface area contributed by atoms with Gasteiger partial charge in [0.15, 0.2) is 5.75 Å². The van der Waals surface area contributed by atoms with Crippen LogP contribution in [-0.4, -0.2) is 15.7 Å². The molecule has 0 fully saturated rings. The number of aryl methyl sites for hydroxylation is 1. The molecule has 0 unspecified atom stereocenters. The minimum absolute atomic E-state index is 0.0393. The van der Waals surface area contributed by atoms with Crippen LogP contribution in [0.5, 0.6) is 5.75 Å². The first-order valence-corrected chi connectivity index (χ1v) is 8.14. The molecule has 120 valence electrons. The predicted octanol–water partition coefficient (Wildman–Crippen LogP) is 4.21. The Kier molecular flexibility index (Phi) is 4.64. The van der Waals surface area contributed by atoms with Gasteiger partial charge in [-0.15, -0.1) is 0 Å². The van der Waals surface area contributed by atoms with Gasteiger partial charge in [-0.3, -0.25) is 9.13 Å². The first-order chi connectivity index (χ1) is 11.1. The fourth-order valence-corrected chi connectivity index (χ4v) is 3.16. The first-order valence-electron chi connectivity index (χ1n) is 7.38. The lowest BCUT2D eigenvalue weighted by Gasteiger charge is -2.10. The quantitative estimate of drug-likeness (QED) is 0.690. The van der Waals surface area contributed by atoms with E-state index in [4.69, 9.17) is 27.9 Å². The number of nitrogens with zero attached hydrogens (tertiary/aromatic N) is 2. The van der Waals surface area contributed by atoms with E-state index in [1.165, 1.54) is 0 Å². The summed E-state index contributed by atoms with van der Waals surface area (Å²) in [5, 5.41) is 0.918. The Hall–Kier alpha value is -1.91. The second kappa shape index (κ2) is 6.69. The molecule has 23 heavy (non-hydrogen) atoms. The Morgan fingerprint density at radius 2 is 1.57 bits per heavy atom. The smallest absolute Gasteiger partial charge is 0.329 e. The number of rotatable bonds is 5. The number of imidazole rings is 1. The number of para-hydroxylation sites is 3. The highest BCUT2D eigenvalue weighted by Crippen LogP contribution is 2.32. The monoisotopic (exact) mass is 350 g/mol. The average molecular weight is 351 g/mol. The summed E-state index contributed by atoms with van der Waals surface area (Å²) in [5.41, 5.74) is 1.78. The second-order valence-electron chi connectivity index (χ2n) is 5.07. The number of halogens is 2. The molecule has 0 spiro atoms. The molecule has 4 nitrogen and oxygen atoms in total. The van der Waals surface area contributed by atoms with E-state index in [1.807, 2.05) is 31.2 Å². The van der Waals surface area contributed by atoms with Crippen LogP contribution >= 0.6 is 23.2 Å². The molecule has 0 amide bonds. The Bertz CT molecular complexity index is 879. The summed E-state index contributed by atoms with van der Waals surface area (Å²) in [5.74, 6) is 0.447. The van der Waals surface area contributed by atoms with Gasteiger partial charge in [-0.25, -0.2) is 4.79 Å². The third-order valence-corrected chi connectivity index (χ3v) is 4.32. The fourth-order valence-electron chi connectivity index (χ4n) is 2.65. The lowest BCUT2D eigenvalue weighted by molar-refractivity contribution is 0.298. The largest absolute Gasteiger partial charge is 0.489 e. The first kappa shape index (κ1) is 16.0.